The highest BCUT2D eigenvalue weighted by molar-refractivity contribution is 8.13. The summed E-state index contributed by atoms with van der Waals surface area (Å²) in [5.41, 5.74) is 0.987. The van der Waals surface area contributed by atoms with Crippen LogP contribution in [-0.2, 0) is 14.3 Å². The summed E-state index contributed by atoms with van der Waals surface area (Å²) in [6, 6.07) is 6.43. The molecule has 1 saturated heterocycles. The fourth-order valence-electron chi connectivity index (χ4n) is 2.42. The summed E-state index contributed by atoms with van der Waals surface area (Å²) in [7, 11) is 0. The van der Waals surface area contributed by atoms with Gasteiger partial charge in [-0.15, -0.1) is 0 Å². The molecule has 7 nitrogen and oxygen atoms in total. The van der Waals surface area contributed by atoms with Gasteiger partial charge in [0.25, 0.3) is 5.24 Å². The van der Waals surface area contributed by atoms with Crippen LogP contribution in [0.1, 0.15) is 37.0 Å². The van der Waals surface area contributed by atoms with Crippen LogP contribution in [0.15, 0.2) is 24.3 Å². The molecule has 2 amide bonds. The van der Waals surface area contributed by atoms with Gasteiger partial charge >= 0.3 is 5.97 Å². The lowest BCUT2D eigenvalue weighted by Crippen LogP contribution is -2.34. The number of carbonyl (C=O) groups excluding carboxylic acids is 4. The van der Waals surface area contributed by atoms with E-state index in [0.29, 0.717) is 30.0 Å². The van der Waals surface area contributed by atoms with Crippen molar-refractivity contribution >= 4 is 40.3 Å². The molecule has 1 atom stereocenters. The number of Topliss-reactive ketones (excluding diaryl/α,β-unsaturated/α-hetero) is 1. The van der Waals surface area contributed by atoms with E-state index in [1.165, 1.54) is 11.8 Å². The molecule has 2 rings (SSSR count). The SMILES string of the molecule is CCCC(=O)Nc1ccc(C(=O)[C@H](C)OC(=O)CN2CCSC2=O)cc1. The molecule has 140 valence electrons. The Morgan fingerprint density at radius 2 is 1.96 bits per heavy atom. The standard InChI is InChI=1S/C18H22N2O5S/c1-3-4-15(21)19-14-7-5-13(6-8-14)17(23)12(2)25-16(22)11-20-9-10-26-18(20)24/h5-8,12H,3-4,9-11H2,1-2H3,(H,19,21)/t12-/m0/s1. The van der Waals surface area contributed by atoms with Crippen molar-refractivity contribution in [2.24, 2.45) is 0 Å². The largest absolute Gasteiger partial charge is 0.453 e. The molecule has 0 aliphatic carbocycles. The smallest absolute Gasteiger partial charge is 0.326 e. The molecule has 1 aliphatic rings. The molecule has 0 saturated carbocycles. The van der Waals surface area contributed by atoms with E-state index in [1.54, 1.807) is 24.3 Å². The number of carbonyl (C=O) groups is 4. The summed E-state index contributed by atoms with van der Waals surface area (Å²) >= 11 is 1.16. The van der Waals surface area contributed by atoms with Crippen molar-refractivity contribution in [3.63, 3.8) is 0 Å². The second-order valence-corrected chi connectivity index (χ2v) is 6.95. The molecule has 1 aliphatic heterocycles. The zero-order chi connectivity index (χ0) is 19.1. The molecule has 0 aromatic heterocycles. The number of amides is 2. The first-order chi connectivity index (χ1) is 12.4. The molecule has 1 N–H and O–H groups in total. The van der Waals surface area contributed by atoms with Gasteiger partial charge in [-0.1, -0.05) is 18.7 Å². The van der Waals surface area contributed by atoms with Crippen LogP contribution in [0.2, 0.25) is 0 Å². The predicted molar refractivity (Wildman–Crippen MR) is 99.3 cm³/mol. The van der Waals surface area contributed by atoms with Gasteiger partial charge in [0.15, 0.2) is 6.10 Å². The Balaban J connectivity index is 1.87. The minimum atomic E-state index is -0.951. The number of ether oxygens (including phenoxy) is 1. The zero-order valence-electron chi connectivity index (χ0n) is 14.8. The Morgan fingerprint density at radius 1 is 1.27 bits per heavy atom. The number of nitrogens with one attached hydrogen (secondary N) is 1. The Morgan fingerprint density at radius 3 is 2.54 bits per heavy atom. The van der Waals surface area contributed by atoms with E-state index in [1.807, 2.05) is 6.92 Å². The molecule has 0 bridgehead atoms. The Labute approximate surface area is 156 Å². The number of benzene rings is 1. The first-order valence-electron chi connectivity index (χ1n) is 8.46. The lowest BCUT2D eigenvalue weighted by molar-refractivity contribution is -0.146. The average Bonchev–Trinajstić information content (AvgIpc) is 2.99. The van der Waals surface area contributed by atoms with Crippen molar-refractivity contribution in [2.45, 2.75) is 32.8 Å². The summed E-state index contributed by atoms with van der Waals surface area (Å²) in [6.45, 7) is 3.78. The lowest BCUT2D eigenvalue weighted by Gasteiger charge is -2.16. The topological polar surface area (TPSA) is 92.8 Å². The van der Waals surface area contributed by atoms with E-state index in [4.69, 9.17) is 4.74 Å². The van der Waals surface area contributed by atoms with Crippen molar-refractivity contribution in [2.75, 3.05) is 24.2 Å². The van der Waals surface area contributed by atoms with Crippen molar-refractivity contribution in [1.82, 2.24) is 4.90 Å². The maximum Gasteiger partial charge on any atom is 0.326 e. The molecule has 0 spiro atoms. The number of rotatable bonds is 8. The van der Waals surface area contributed by atoms with Crippen LogP contribution in [0.3, 0.4) is 0 Å². The first-order valence-corrected chi connectivity index (χ1v) is 9.44. The lowest BCUT2D eigenvalue weighted by atomic mass is 10.1. The first kappa shape index (κ1) is 20.0. The Hall–Kier alpha value is -2.35. The maximum absolute atomic E-state index is 12.4. The van der Waals surface area contributed by atoms with Crippen molar-refractivity contribution < 1.29 is 23.9 Å². The third kappa shape index (κ3) is 5.59. The molecule has 8 heteroatoms. The highest BCUT2D eigenvalue weighted by Gasteiger charge is 2.26. The second kappa shape index (κ2) is 9.38. The van der Waals surface area contributed by atoms with E-state index in [-0.39, 0.29) is 23.5 Å². The van der Waals surface area contributed by atoms with Crippen LogP contribution in [0.4, 0.5) is 10.5 Å². The summed E-state index contributed by atoms with van der Waals surface area (Å²) in [4.78, 5) is 48.7. The molecular weight excluding hydrogens is 356 g/mol. The summed E-state index contributed by atoms with van der Waals surface area (Å²) < 4.78 is 5.14. The number of hydrogen-bond acceptors (Lipinski definition) is 6. The van der Waals surface area contributed by atoms with Gasteiger partial charge in [-0.2, -0.15) is 0 Å². The Kier molecular flexibility index (Phi) is 7.20. The summed E-state index contributed by atoms with van der Waals surface area (Å²) in [6.07, 6.45) is 0.243. The molecule has 1 fully saturated rings. The third-order valence-electron chi connectivity index (χ3n) is 3.77. The van der Waals surface area contributed by atoms with Gasteiger partial charge in [0.05, 0.1) is 0 Å². The third-order valence-corrected chi connectivity index (χ3v) is 4.66. The van der Waals surface area contributed by atoms with E-state index < -0.39 is 12.1 Å². The highest BCUT2D eigenvalue weighted by Crippen LogP contribution is 2.17. The van der Waals surface area contributed by atoms with Gasteiger partial charge in [0.1, 0.15) is 6.54 Å². The summed E-state index contributed by atoms with van der Waals surface area (Å²) in [5, 5.41) is 2.59. The molecule has 26 heavy (non-hydrogen) atoms. The van der Waals surface area contributed by atoms with E-state index in [0.717, 1.165) is 18.2 Å². The van der Waals surface area contributed by atoms with Gasteiger partial charge < -0.3 is 15.0 Å². The fourth-order valence-corrected chi connectivity index (χ4v) is 3.24. The van der Waals surface area contributed by atoms with Crippen LogP contribution in [0.5, 0.6) is 0 Å². The van der Waals surface area contributed by atoms with Crippen LogP contribution in [-0.4, -0.2) is 52.7 Å². The zero-order valence-corrected chi connectivity index (χ0v) is 15.6. The predicted octanol–water partition coefficient (Wildman–Crippen LogP) is 2.71. The maximum atomic E-state index is 12.4. The molecule has 1 heterocycles. The number of ketones is 1. The normalized spacial score (nSPS) is 14.8. The van der Waals surface area contributed by atoms with E-state index in [9.17, 15) is 19.2 Å². The van der Waals surface area contributed by atoms with Crippen LogP contribution in [0, 0.1) is 0 Å². The van der Waals surface area contributed by atoms with Crippen LogP contribution in [0.25, 0.3) is 0 Å². The van der Waals surface area contributed by atoms with Gasteiger partial charge in [-0.25, -0.2) is 0 Å². The molecule has 0 unspecified atom stereocenters. The summed E-state index contributed by atoms with van der Waals surface area (Å²) in [5.74, 6) is -0.373. The minimum Gasteiger partial charge on any atom is -0.453 e. The van der Waals surface area contributed by atoms with Crippen molar-refractivity contribution in [3.8, 4) is 0 Å². The van der Waals surface area contributed by atoms with Crippen LogP contribution >= 0.6 is 11.8 Å². The molecule has 1 aromatic carbocycles. The molecular formula is C18H22N2O5S. The molecule has 1 aromatic rings. The fraction of sp³-hybridized carbons (Fsp3) is 0.444. The monoisotopic (exact) mass is 378 g/mol. The van der Waals surface area contributed by atoms with Gasteiger partial charge in [-0.05, 0) is 37.6 Å². The number of anilines is 1. The van der Waals surface area contributed by atoms with Crippen LogP contribution < -0.4 is 5.32 Å². The molecule has 0 radical (unpaired) electrons. The number of esters is 1. The van der Waals surface area contributed by atoms with Gasteiger partial charge in [0.2, 0.25) is 11.7 Å². The quantitative estimate of drug-likeness (QED) is 0.552. The highest BCUT2D eigenvalue weighted by atomic mass is 32.2. The van der Waals surface area contributed by atoms with E-state index >= 15 is 0 Å². The van der Waals surface area contributed by atoms with Gasteiger partial charge in [-0.3, -0.25) is 19.2 Å². The van der Waals surface area contributed by atoms with Gasteiger partial charge in [0, 0.05) is 30.0 Å². The second-order valence-electron chi connectivity index (χ2n) is 5.91. The minimum absolute atomic E-state index is 0.0801. The number of hydrogen-bond donors (Lipinski definition) is 1. The van der Waals surface area contributed by atoms with Crippen molar-refractivity contribution in [3.05, 3.63) is 29.8 Å². The Bertz CT molecular complexity index is 689. The number of nitrogens with zero attached hydrogens (tertiary/aromatic N) is 1. The number of thioether (sulfide) groups is 1. The van der Waals surface area contributed by atoms with E-state index in [2.05, 4.69) is 5.32 Å². The van der Waals surface area contributed by atoms with Crippen molar-refractivity contribution in [1.29, 1.82) is 0 Å². The average molecular weight is 378 g/mol.